The van der Waals surface area contributed by atoms with Crippen LogP contribution in [-0.4, -0.2) is 39.8 Å². The van der Waals surface area contributed by atoms with Gasteiger partial charge in [0.05, 0.1) is 0 Å². The van der Waals surface area contributed by atoms with Crippen LogP contribution in [-0.2, 0) is 6.54 Å². The second-order valence-corrected chi connectivity index (χ2v) is 8.21. The van der Waals surface area contributed by atoms with Crippen molar-refractivity contribution in [1.82, 2.24) is 14.5 Å². The molecule has 2 aliphatic rings. The zero-order chi connectivity index (χ0) is 17.9. The number of hydrogen-bond acceptors (Lipinski definition) is 3. The molecule has 0 bridgehead atoms. The second kappa shape index (κ2) is 7.74. The quantitative estimate of drug-likeness (QED) is 0.792. The smallest absolute Gasteiger partial charge is 0.321 e. The fourth-order valence-electron chi connectivity index (χ4n) is 3.69. The van der Waals surface area contributed by atoms with E-state index in [2.05, 4.69) is 27.1 Å². The monoisotopic (exact) mass is 370 g/mol. The van der Waals surface area contributed by atoms with Crippen LogP contribution in [0.4, 0.5) is 10.5 Å². The van der Waals surface area contributed by atoms with E-state index in [1.54, 1.807) is 11.8 Å². The van der Waals surface area contributed by atoms with Crippen molar-refractivity contribution in [1.29, 1.82) is 0 Å². The molecule has 1 saturated heterocycles. The predicted molar refractivity (Wildman–Crippen MR) is 106 cm³/mol. The van der Waals surface area contributed by atoms with Crippen molar-refractivity contribution in [2.24, 2.45) is 5.92 Å². The molecular formula is C20H26N4OS. The molecule has 1 aromatic heterocycles. The highest BCUT2D eigenvalue weighted by Crippen LogP contribution is 2.33. The number of aromatic nitrogens is 2. The lowest BCUT2D eigenvalue weighted by Gasteiger charge is -2.32. The molecule has 1 aliphatic heterocycles. The Kier molecular flexibility index (Phi) is 5.20. The van der Waals surface area contributed by atoms with Gasteiger partial charge >= 0.3 is 6.03 Å². The van der Waals surface area contributed by atoms with E-state index < -0.39 is 0 Å². The van der Waals surface area contributed by atoms with Crippen molar-refractivity contribution in [2.75, 3.05) is 24.7 Å². The molecule has 4 rings (SSSR count). The Morgan fingerprint density at radius 1 is 1.35 bits per heavy atom. The molecule has 2 aromatic rings. The standard InChI is InChI=1S/C20H26N4OS/c1-26-18-6-2-5-17(12-18)22-20(25)24-10-3-4-16(14-24)19-21-9-11-23(19)13-15-7-8-15/h2,5-6,9,11-12,15-16H,3-4,7-8,10,13-14H2,1H3,(H,22,25)/t16-/m0/s1. The number of hydrogen-bond donors (Lipinski definition) is 1. The van der Waals surface area contributed by atoms with Gasteiger partial charge in [-0.25, -0.2) is 9.78 Å². The van der Waals surface area contributed by atoms with Crippen LogP contribution in [0.1, 0.15) is 37.4 Å². The molecule has 1 atom stereocenters. The zero-order valence-electron chi connectivity index (χ0n) is 15.2. The van der Waals surface area contributed by atoms with Gasteiger partial charge in [-0.05, 0) is 56.1 Å². The summed E-state index contributed by atoms with van der Waals surface area (Å²) in [5, 5.41) is 3.06. The summed E-state index contributed by atoms with van der Waals surface area (Å²) in [6.45, 7) is 2.64. The van der Waals surface area contributed by atoms with Gasteiger partial charge in [-0.15, -0.1) is 11.8 Å². The third kappa shape index (κ3) is 4.06. The van der Waals surface area contributed by atoms with Crippen molar-refractivity contribution in [3.05, 3.63) is 42.5 Å². The molecular weight excluding hydrogens is 344 g/mol. The van der Waals surface area contributed by atoms with Crippen molar-refractivity contribution in [3.8, 4) is 0 Å². The molecule has 1 N–H and O–H groups in total. The summed E-state index contributed by atoms with van der Waals surface area (Å²) in [4.78, 5) is 20.5. The van der Waals surface area contributed by atoms with E-state index in [0.717, 1.165) is 54.8 Å². The number of carbonyl (C=O) groups excluding carboxylic acids is 1. The summed E-state index contributed by atoms with van der Waals surface area (Å²) < 4.78 is 2.31. The average Bonchev–Trinajstić information content (AvgIpc) is 3.37. The molecule has 1 aliphatic carbocycles. The Balaban J connectivity index is 1.41. The van der Waals surface area contributed by atoms with Gasteiger partial charge in [-0.3, -0.25) is 0 Å². The molecule has 1 saturated carbocycles. The van der Waals surface area contributed by atoms with E-state index in [0.29, 0.717) is 5.92 Å². The minimum atomic E-state index is -0.00625. The first kappa shape index (κ1) is 17.5. The van der Waals surface area contributed by atoms with Gasteiger partial charge in [-0.2, -0.15) is 0 Å². The van der Waals surface area contributed by atoms with Crippen molar-refractivity contribution >= 4 is 23.5 Å². The van der Waals surface area contributed by atoms with Crippen LogP contribution in [0, 0.1) is 5.92 Å². The zero-order valence-corrected chi connectivity index (χ0v) is 16.0. The first-order chi connectivity index (χ1) is 12.7. The van der Waals surface area contributed by atoms with Gasteiger partial charge in [0.1, 0.15) is 5.82 Å². The van der Waals surface area contributed by atoms with E-state index in [1.165, 1.54) is 12.8 Å². The molecule has 26 heavy (non-hydrogen) atoms. The molecule has 6 heteroatoms. The number of amides is 2. The second-order valence-electron chi connectivity index (χ2n) is 7.33. The van der Waals surface area contributed by atoms with Crippen LogP contribution in [0.15, 0.2) is 41.6 Å². The third-order valence-corrected chi connectivity index (χ3v) is 6.02. The Hall–Kier alpha value is -1.95. The first-order valence-corrected chi connectivity index (χ1v) is 10.7. The van der Waals surface area contributed by atoms with Crippen LogP contribution in [0.3, 0.4) is 0 Å². The Morgan fingerprint density at radius 2 is 2.23 bits per heavy atom. The summed E-state index contributed by atoms with van der Waals surface area (Å²) in [7, 11) is 0. The van der Waals surface area contributed by atoms with Crippen molar-refractivity contribution < 1.29 is 4.79 Å². The van der Waals surface area contributed by atoms with Gasteiger partial charge in [0.25, 0.3) is 0 Å². The maximum Gasteiger partial charge on any atom is 0.321 e. The normalized spacial score (nSPS) is 20.2. The molecule has 0 radical (unpaired) electrons. The fraction of sp³-hybridized carbons (Fsp3) is 0.500. The fourth-order valence-corrected chi connectivity index (χ4v) is 4.15. The molecule has 5 nitrogen and oxygen atoms in total. The number of carbonyl (C=O) groups is 1. The van der Waals surface area contributed by atoms with E-state index >= 15 is 0 Å². The minimum Gasteiger partial charge on any atom is -0.334 e. The molecule has 2 heterocycles. The van der Waals surface area contributed by atoms with E-state index in [9.17, 15) is 4.79 Å². The summed E-state index contributed by atoms with van der Waals surface area (Å²) in [5.41, 5.74) is 0.860. The SMILES string of the molecule is CSc1cccc(NC(=O)N2CCC[C@H](c3nccn3CC3CC3)C2)c1. The third-order valence-electron chi connectivity index (χ3n) is 5.29. The number of urea groups is 1. The number of benzene rings is 1. The molecule has 0 spiro atoms. The van der Waals surface area contributed by atoms with Gasteiger partial charge in [0.2, 0.25) is 0 Å². The van der Waals surface area contributed by atoms with E-state index in [1.807, 2.05) is 35.6 Å². The van der Waals surface area contributed by atoms with Crippen LogP contribution in [0.2, 0.25) is 0 Å². The van der Waals surface area contributed by atoms with Gasteiger partial charge < -0.3 is 14.8 Å². The number of likely N-dealkylation sites (tertiary alicyclic amines) is 1. The number of nitrogens with one attached hydrogen (secondary N) is 1. The van der Waals surface area contributed by atoms with Crippen LogP contribution < -0.4 is 5.32 Å². The number of rotatable bonds is 5. The van der Waals surface area contributed by atoms with Gasteiger partial charge in [0.15, 0.2) is 0 Å². The van der Waals surface area contributed by atoms with Crippen LogP contribution in [0.25, 0.3) is 0 Å². The summed E-state index contributed by atoms with van der Waals surface area (Å²) >= 11 is 1.68. The van der Waals surface area contributed by atoms with Crippen molar-refractivity contribution in [2.45, 2.75) is 43.0 Å². The number of piperidine rings is 1. The molecule has 2 amide bonds. The highest BCUT2D eigenvalue weighted by molar-refractivity contribution is 7.98. The van der Waals surface area contributed by atoms with Gasteiger partial charge in [0, 0.05) is 48.5 Å². The highest BCUT2D eigenvalue weighted by Gasteiger charge is 2.29. The first-order valence-electron chi connectivity index (χ1n) is 9.44. The predicted octanol–water partition coefficient (Wildman–Crippen LogP) is 4.43. The average molecular weight is 371 g/mol. The molecule has 1 aromatic carbocycles. The maximum atomic E-state index is 12.7. The Labute approximate surface area is 159 Å². The Morgan fingerprint density at radius 3 is 3.04 bits per heavy atom. The lowest BCUT2D eigenvalue weighted by Crippen LogP contribution is -2.42. The number of anilines is 1. The minimum absolute atomic E-state index is 0.00625. The lowest BCUT2D eigenvalue weighted by atomic mass is 9.97. The molecule has 0 unspecified atom stereocenters. The van der Waals surface area contributed by atoms with Crippen molar-refractivity contribution in [3.63, 3.8) is 0 Å². The molecule has 138 valence electrons. The number of thioether (sulfide) groups is 1. The summed E-state index contributed by atoms with van der Waals surface area (Å²) in [6.07, 6.45) is 10.9. The summed E-state index contributed by atoms with van der Waals surface area (Å²) in [5.74, 6) is 2.31. The largest absolute Gasteiger partial charge is 0.334 e. The Bertz CT molecular complexity index is 771. The van der Waals surface area contributed by atoms with Crippen LogP contribution >= 0.6 is 11.8 Å². The number of nitrogens with zero attached hydrogens (tertiary/aromatic N) is 3. The lowest BCUT2D eigenvalue weighted by molar-refractivity contribution is 0.190. The highest BCUT2D eigenvalue weighted by atomic mass is 32.2. The van der Waals surface area contributed by atoms with E-state index in [4.69, 9.17) is 0 Å². The van der Waals surface area contributed by atoms with Gasteiger partial charge in [-0.1, -0.05) is 6.07 Å². The topological polar surface area (TPSA) is 50.2 Å². The number of imidazole rings is 1. The summed E-state index contributed by atoms with van der Waals surface area (Å²) in [6, 6.07) is 7.99. The molecule has 2 fully saturated rings. The van der Waals surface area contributed by atoms with E-state index in [-0.39, 0.29) is 6.03 Å². The maximum absolute atomic E-state index is 12.7. The van der Waals surface area contributed by atoms with Crippen LogP contribution in [0.5, 0.6) is 0 Å².